The van der Waals surface area contributed by atoms with Gasteiger partial charge < -0.3 is 0 Å². The van der Waals surface area contributed by atoms with Crippen molar-refractivity contribution in [1.82, 2.24) is 10.4 Å². The number of hydrazine groups is 1. The Morgan fingerprint density at radius 3 is 2.68 bits per heavy atom. The summed E-state index contributed by atoms with van der Waals surface area (Å²) in [6, 6.07) is 10.4. The number of nitrogens with two attached hydrogens (primary N) is 1. The van der Waals surface area contributed by atoms with E-state index >= 15 is 0 Å². The second-order valence-corrected chi connectivity index (χ2v) is 7.41. The third-order valence-corrected chi connectivity index (χ3v) is 4.29. The summed E-state index contributed by atoms with van der Waals surface area (Å²) in [5.41, 5.74) is 5.12. The van der Waals surface area contributed by atoms with E-state index < -0.39 is 0 Å². The number of pyridine rings is 1. The lowest BCUT2D eigenvalue weighted by Crippen LogP contribution is -2.31. The average Bonchev–Trinajstić information content (AvgIpc) is 2.38. The number of hydrogen-bond acceptors (Lipinski definition) is 4. The van der Waals surface area contributed by atoms with Crippen LogP contribution in [0.3, 0.4) is 0 Å². The highest BCUT2D eigenvalue weighted by Gasteiger charge is 2.18. The summed E-state index contributed by atoms with van der Waals surface area (Å²) in [7, 11) is 0. The minimum absolute atomic E-state index is 0.114. The molecule has 0 aliphatic carbocycles. The van der Waals surface area contributed by atoms with Gasteiger partial charge >= 0.3 is 0 Å². The van der Waals surface area contributed by atoms with Crippen LogP contribution in [0.5, 0.6) is 0 Å². The molecule has 2 rings (SSSR count). The monoisotopic (exact) mass is 275 g/mol. The van der Waals surface area contributed by atoms with Gasteiger partial charge in [0.15, 0.2) is 0 Å². The second kappa shape index (κ2) is 5.90. The van der Waals surface area contributed by atoms with Crippen molar-refractivity contribution in [1.29, 1.82) is 0 Å². The molecule has 0 spiro atoms. The molecule has 3 nitrogen and oxygen atoms in total. The highest BCUT2D eigenvalue weighted by atomic mass is 32.2. The van der Waals surface area contributed by atoms with Crippen LogP contribution in [0.1, 0.15) is 32.4 Å². The lowest BCUT2D eigenvalue weighted by atomic mass is 10.0. The molecule has 0 fully saturated rings. The van der Waals surface area contributed by atoms with Gasteiger partial charge in [-0.15, -0.1) is 0 Å². The van der Waals surface area contributed by atoms with Crippen molar-refractivity contribution in [2.24, 2.45) is 5.84 Å². The molecule has 2 aromatic rings. The first kappa shape index (κ1) is 14.3. The zero-order valence-electron chi connectivity index (χ0n) is 11.7. The van der Waals surface area contributed by atoms with Gasteiger partial charge in [-0.05, 0) is 11.6 Å². The number of hydrogen-bond donors (Lipinski definition) is 2. The van der Waals surface area contributed by atoms with E-state index in [0.717, 1.165) is 22.2 Å². The third-order valence-electron chi connectivity index (χ3n) is 2.92. The zero-order valence-corrected chi connectivity index (χ0v) is 12.5. The van der Waals surface area contributed by atoms with Crippen molar-refractivity contribution in [3.8, 4) is 0 Å². The molecule has 0 radical (unpaired) electrons. The Morgan fingerprint density at radius 2 is 2.00 bits per heavy atom. The minimum Gasteiger partial charge on any atom is -0.271 e. The van der Waals surface area contributed by atoms with Crippen molar-refractivity contribution in [3.63, 3.8) is 0 Å². The van der Waals surface area contributed by atoms with Crippen LogP contribution < -0.4 is 11.3 Å². The van der Waals surface area contributed by atoms with E-state index in [2.05, 4.69) is 55.4 Å². The molecule has 1 heterocycles. The summed E-state index contributed by atoms with van der Waals surface area (Å²) in [5.74, 6) is 6.66. The van der Waals surface area contributed by atoms with E-state index in [1.165, 1.54) is 0 Å². The predicted molar refractivity (Wildman–Crippen MR) is 84.0 cm³/mol. The van der Waals surface area contributed by atoms with Crippen LogP contribution in [0.2, 0.25) is 0 Å². The Bertz CT molecular complexity index is 543. The maximum absolute atomic E-state index is 5.73. The topological polar surface area (TPSA) is 50.9 Å². The van der Waals surface area contributed by atoms with Crippen molar-refractivity contribution < 1.29 is 0 Å². The van der Waals surface area contributed by atoms with Crippen LogP contribution in [0.4, 0.5) is 0 Å². The number of fused-ring (bicyclic) bond motifs is 1. The van der Waals surface area contributed by atoms with Gasteiger partial charge in [-0.2, -0.15) is 11.8 Å². The number of nitrogens with one attached hydrogen (secondary N) is 1. The molecule has 102 valence electrons. The summed E-state index contributed by atoms with van der Waals surface area (Å²) in [6.07, 6.45) is 1.83. The van der Waals surface area contributed by atoms with E-state index in [4.69, 9.17) is 5.84 Å². The van der Waals surface area contributed by atoms with Crippen LogP contribution in [-0.2, 0) is 0 Å². The molecule has 0 amide bonds. The van der Waals surface area contributed by atoms with E-state index in [1.807, 2.05) is 24.0 Å². The fraction of sp³-hybridized carbons (Fsp3) is 0.400. The molecule has 0 saturated heterocycles. The Kier molecular flexibility index (Phi) is 4.45. The van der Waals surface area contributed by atoms with Gasteiger partial charge in [-0.25, -0.2) is 0 Å². The first-order chi connectivity index (χ1) is 9.01. The first-order valence-electron chi connectivity index (χ1n) is 6.45. The standard InChI is InChI=1S/C15H21N3S/c1-15(2,3)19-10-13(18-16)12-8-4-6-11-7-5-9-17-14(11)12/h4-9,13,18H,10,16H2,1-3H3. The molecule has 0 saturated carbocycles. The van der Waals surface area contributed by atoms with Gasteiger partial charge in [0.1, 0.15) is 0 Å². The van der Waals surface area contributed by atoms with Gasteiger partial charge in [0.05, 0.1) is 11.6 Å². The molecule has 1 unspecified atom stereocenters. The fourth-order valence-corrected chi connectivity index (χ4v) is 2.91. The Morgan fingerprint density at radius 1 is 1.26 bits per heavy atom. The average molecular weight is 275 g/mol. The largest absolute Gasteiger partial charge is 0.271 e. The molecule has 0 aliphatic rings. The number of benzene rings is 1. The molecule has 1 atom stereocenters. The van der Waals surface area contributed by atoms with Crippen LogP contribution in [0.15, 0.2) is 36.5 Å². The van der Waals surface area contributed by atoms with Crippen molar-refractivity contribution in [2.75, 3.05) is 5.75 Å². The maximum Gasteiger partial charge on any atom is 0.0750 e. The van der Waals surface area contributed by atoms with E-state index in [0.29, 0.717) is 0 Å². The van der Waals surface area contributed by atoms with Crippen molar-refractivity contribution in [3.05, 3.63) is 42.1 Å². The molecule has 0 bridgehead atoms. The van der Waals surface area contributed by atoms with Gasteiger partial charge in [-0.1, -0.05) is 45.0 Å². The minimum atomic E-state index is 0.114. The fourth-order valence-electron chi connectivity index (χ4n) is 1.97. The van der Waals surface area contributed by atoms with Crippen molar-refractivity contribution >= 4 is 22.7 Å². The van der Waals surface area contributed by atoms with Gasteiger partial charge in [0.25, 0.3) is 0 Å². The molecule has 4 heteroatoms. The molecule has 19 heavy (non-hydrogen) atoms. The molecular formula is C15H21N3S. The molecule has 0 aliphatic heterocycles. The van der Waals surface area contributed by atoms with E-state index in [9.17, 15) is 0 Å². The predicted octanol–water partition coefficient (Wildman–Crippen LogP) is 3.27. The van der Waals surface area contributed by atoms with Gasteiger partial charge in [-0.3, -0.25) is 16.3 Å². The van der Waals surface area contributed by atoms with Crippen LogP contribution in [0.25, 0.3) is 10.9 Å². The van der Waals surface area contributed by atoms with Gasteiger partial charge in [0.2, 0.25) is 0 Å². The van der Waals surface area contributed by atoms with Gasteiger partial charge in [0, 0.05) is 22.1 Å². The van der Waals surface area contributed by atoms with Crippen LogP contribution >= 0.6 is 11.8 Å². The Labute approximate surface area is 119 Å². The lowest BCUT2D eigenvalue weighted by molar-refractivity contribution is 0.610. The normalized spacial score (nSPS) is 13.7. The number of thioether (sulfide) groups is 1. The smallest absolute Gasteiger partial charge is 0.0750 e. The number of rotatable bonds is 4. The Balaban J connectivity index is 2.30. The number of para-hydroxylation sites is 1. The Hall–Kier alpha value is -1.10. The first-order valence-corrected chi connectivity index (χ1v) is 7.43. The summed E-state index contributed by atoms with van der Waals surface area (Å²) in [5, 5.41) is 1.15. The zero-order chi connectivity index (χ0) is 13.9. The van der Waals surface area contributed by atoms with Crippen LogP contribution in [-0.4, -0.2) is 15.5 Å². The molecule has 1 aromatic heterocycles. The number of nitrogens with zero attached hydrogens (tertiary/aromatic N) is 1. The molecular weight excluding hydrogens is 254 g/mol. The summed E-state index contributed by atoms with van der Waals surface area (Å²) in [6.45, 7) is 6.64. The SMILES string of the molecule is CC(C)(C)SCC(NN)c1cccc2cccnc12. The highest BCUT2D eigenvalue weighted by Crippen LogP contribution is 2.30. The molecule has 1 aromatic carbocycles. The second-order valence-electron chi connectivity index (χ2n) is 5.56. The summed E-state index contributed by atoms with van der Waals surface area (Å²) >= 11 is 1.90. The van der Waals surface area contributed by atoms with E-state index in [1.54, 1.807) is 0 Å². The molecule has 3 N–H and O–H groups in total. The maximum atomic E-state index is 5.73. The summed E-state index contributed by atoms with van der Waals surface area (Å²) < 4.78 is 0.229. The lowest BCUT2D eigenvalue weighted by Gasteiger charge is -2.23. The summed E-state index contributed by atoms with van der Waals surface area (Å²) in [4.78, 5) is 4.49. The number of aromatic nitrogens is 1. The van der Waals surface area contributed by atoms with Crippen LogP contribution in [0, 0.1) is 0 Å². The third kappa shape index (κ3) is 3.69. The quantitative estimate of drug-likeness (QED) is 0.664. The highest BCUT2D eigenvalue weighted by molar-refractivity contribution is 8.00. The van der Waals surface area contributed by atoms with E-state index in [-0.39, 0.29) is 10.8 Å². The van der Waals surface area contributed by atoms with Crippen molar-refractivity contribution in [2.45, 2.75) is 31.6 Å².